The predicted molar refractivity (Wildman–Crippen MR) is 76.7 cm³/mol. The van der Waals surface area contributed by atoms with E-state index >= 15 is 0 Å². The average Bonchev–Trinajstić information content (AvgIpc) is 2.75. The molecule has 2 aromatic rings. The highest BCUT2D eigenvalue weighted by Gasteiger charge is 2.16. The van der Waals surface area contributed by atoms with Crippen LogP contribution in [0.15, 0.2) is 24.3 Å². The van der Waals surface area contributed by atoms with Crippen LogP contribution in [0, 0.1) is 17.5 Å². The van der Waals surface area contributed by atoms with Crippen molar-refractivity contribution < 1.29 is 13.2 Å². The number of rotatable bonds is 3. The summed E-state index contributed by atoms with van der Waals surface area (Å²) in [7, 11) is 0. The van der Waals surface area contributed by atoms with Gasteiger partial charge in [-0.25, -0.2) is 13.2 Å². The van der Waals surface area contributed by atoms with Crippen LogP contribution in [0.3, 0.4) is 0 Å². The van der Waals surface area contributed by atoms with E-state index in [1.54, 1.807) is 11.3 Å². The third-order valence-electron chi connectivity index (χ3n) is 2.85. The first kappa shape index (κ1) is 14.9. The fraction of sp³-hybridized carbons (Fsp3) is 0.333. The zero-order chi connectivity index (χ0) is 14.9. The third-order valence-corrected chi connectivity index (χ3v) is 4.36. The van der Waals surface area contributed by atoms with Crippen LogP contribution in [-0.4, -0.2) is 0 Å². The van der Waals surface area contributed by atoms with E-state index in [1.807, 2.05) is 12.1 Å². The van der Waals surface area contributed by atoms with Crippen LogP contribution >= 0.6 is 11.3 Å². The minimum atomic E-state index is -0.921. The van der Waals surface area contributed by atoms with Gasteiger partial charge in [0.15, 0.2) is 11.6 Å². The molecule has 0 spiro atoms. The van der Waals surface area contributed by atoms with Gasteiger partial charge in [0.2, 0.25) is 0 Å². The van der Waals surface area contributed by atoms with Gasteiger partial charge in [-0.2, -0.15) is 0 Å². The zero-order valence-electron chi connectivity index (χ0n) is 11.6. The van der Waals surface area contributed by atoms with Crippen LogP contribution in [-0.2, 0) is 12.0 Å². The lowest BCUT2D eigenvalue weighted by atomic mass is 9.95. The second-order valence-electron chi connectivity index (χ2n) is 5.61. The Morgan fingerprint density at radius 3 is 2.15 bits per heavy atom. The monoisotopic (exact) mass is 299 g/mol. The van der Waals surface area contributed by atoms with Gasteiger partial charge in [-0.05, 0) is 17.5 Å². The summed E-state index contributed by atoms with van der Waals surface area (Å²) < 4.78 is 39.7. The molecule has 0 atom stereocenters. The van der Waals surface area contributed by atoms with Crippen LogP contribution in [0.1, 0.15) is 30.5 Å². The van der Waals surface area contributed by atoms with Crippen molar-refractivity contribution in [3.63, 3.8) is 0 Å². The minimum Gasteiger partial charge on any atom is -0.375 e. The van der Waals surface area contributed by atoms with Gasteiger partial charge in [0.05, 0.1) is 0 Å². The number of thiophene rings is 1. The molecule has 1 aromatic heterocycles. The van der Waals surface area contributed by atoms with Crippen LogP contribution in [0.4, 0.5) is 18.9 Å². The molecule has 20 heavy (non-hydrogen) atoms. The van der Waals surface area contributed by atoms with Crippen molar-refractivity contribution in [1.29, 1.82) is 0 Å². The van der Waals surface area contributed by atoms with Gasteiger partial charge in [-0.1, -0.05) is 20.8 Å². The maximum atomic E-state index is 13.5. The molecule has 0 aliphatic carbocycles. The normalized spacial score (nSPS) is 11.7. The lowest BCUT2D eigenvalue weighted by molar-refractivity contribution is 0.547. The Morgan fingerprint density at radius 2 is 1.65 bits per heavy atom. The highest BCUT2D eigenvalue weighted by molar-refractivity contribution is 7.12. The van der Waals surface area contributed by atoms with Crippen LogP contribution < -0.4 is 5.32 Å². The fourth-order valence-corrected chi connectivity index (χ4v) is 2.77. The number of halogens is 3. The van der Waals surface area contributed by atoms with Crippen LogP contribution in [0.2, 0.25) is 0 Å². The van der Waals surface area contributed by atoms with E-state index in [2.05, 4.69) is 26.1 Å². The standard InChI is InChI=1S/C15H16F3NS/c1-15(2,3)13-5-4-10(20-13)8-19-14-11(17)6-9(16)7-12(14)18/h4-7,19H,8H2,1-3H3. The minimum absolute atomic E-state index is 0.0509. The van der Waals surface area contributed by atoms with Crippen molar-refractivity contribution in [3.05, 3.63) is 51.5 Å². The molecule has 0 radical (unpaired) electrons. The molecule has 0 saturated carbocycles. The van der Waals surface area contributed by atoms with Crippen molar-refractivity contribution in [2.45, 2.75) is 32.7 Å². The molecule has 0 fully saturated rings. The summed E-state index contributed by atoms with van der Waals surface area (Å²) >= 11 is 1.59. The van der Waals surface area contributed by atoms with Crippen molar-refractivity contribution in [2.75, 3.05) is 5.32 Å². The summed E-state index contributed by atoms with van der Waals surface area (Å²) in [5.74, 6) is -2.76. The Balaban J connectivity index is 2.12. The first-order chi connectivity index (χ1) is 9.27. The molecule has 108 valence electrons. The van der Waals surface area contributed by atoms with E-state index < -0.39 is 17.5 Å². The van der Waals surface area contributed by atoms with E-state index in [0.29, 0.717) is 18.7 Å². The Hall–Kier alpha value is -1.49. The number of hydrogen-bond acceptors (Lipinski definition) is 2. The van der Waals surface area contributed by atoms with E-state index in [1.165, 1.54) is 4.88 Å². The molecule has 5 heteroatoms. The fourth-order valence-electron chi connectivity index (χ4n) is 1.76. The molecule has 2 rings (SSSR count). The van der Waals surface area contributed by atoms with Gasteiger partial charge < -0.3 is 5.32 Å². The highest BCUT2D eigenvalue weighted by Crippen LogP contribution is 2.30. The van der Waals surface area contributed by atoms with E-state index in [0.717, 1.165) is 4.88 Å². The largest absolute Gasteiger partial charge is 0.375 e. The lowest BCUT2D eigenvalue weighted by Gasteiger charge is -2.15. The zero-order valence-corrected chi connectivity index (χ0v) is 12.4. The third kappa shape index (κ3) is 3.33. The summed E-state index contributed by atoms with van der Waals surface area (Å²) in [6.45, 7) is 6.63. The first-order valence-electron chi connectivity index (χ1n) is 6.25. The number of hydrogen-bond donors (Lipinski definition) is 1. The SMILES string of the molecule is CC(C)(C)c1ccc(CNc2c(F)cc(F)cc2F)s1. The topological polar surface area (TPSA) is 12.0 Å². The molecule has 0 aliphatic heterocycles. The second kappa shape index (κ2) is 5.48. The second-order valence-corrected chi connectivity index (χ2v) is 6.78. The quantitative estimate of drug-likeness (QED) is 0.834. The van der Waals surface area contributed by atoms with Crippen molar-refractivity contribution in [1.82, 2.24) is 0 Å². The molecule has 0 unspecified atom stereocenters. The summed E-state index contributed by atoms with van der Waals surface area (Å²) in [6.07, 6.45) is 0. The molecule has 1 aromatic carbocycles. The Labute approximate surface area is 120 Å². The van der Waals surface area contributed by atoms with Crippen LogP contribution in [0.25, 0.3) is 0 Å². The van der Waals surface area contributed by atoms with E-state index in [4.69, 9.17) is 0 Å². The van der Waals surface area contributed by atoms with Crippen LogP contribution in [0.5, 0.6) is 0 Å². The molecule has 1 nitrogen and oxygen atoms in total. The molecule has 0 bridgehead atoms. The van der Waals surface area contributed by atoms with Gasteiger partial charge >= 0.3 is 0 Å². The Morgan fingerprint density at radius 1 is 1.05 bits per heavy atom. The van der Waals surface area contributed by atoms with E-state index in [-0.39, 0.29) is 11.1 Å². The molecular formula is C15H16F3NS. The molecule has 1 N–H and O–H groups in total. The number of benzene rings is 1. The highest BCUT2D eigenvalue weighted by atomic mass is 32.1. The predicted octanol–water partition coefficient (Wildman–Crippen LogP) is 5.08. The summed E-state index contributed by atoms with van der Waals surface area (Å²) in [4.78, 5) is 2.17. The molecular weight excluding hydrogens is 283 g/mol. The molecule has 0 saturated heterocycles. The van der Waals surface area contributed by atoms with E-state index in [9.17, 15) is 13.2 Å². The smallest absolute Gasteiger partial charge is 0.152 e. The van der Waals surface area contributed by atoms with Gasteiger partial charge in [-0.15, -0.1) is 11.3 Å². The Bertz CT molecular complexity index is 591. The summed E-state index contributed by atoms with van der Waals surface area (Å²) in [6, 6.07) is 5.28. The van der Waals surface area contributed by atoms with Crippen molar-refractivity contribution >= 4 is 17.0 Å². The maximum absolute atomic E-state index is 13.5. The lowest BCUT2D eigenvalue weighted by Crippen LogP contribution is -2.08. The van der Waals surface area contributed by atoms with Crippen molar-refractivity contribution in [3.8, 4) is 0 Å². The van der Waals surface area contributed by atoms with Gasteiger partial charge in [0, 0.05) is 28.4 Å². The molecule has 1 heterocycles. The first-order valence-corrected chi connectivity index (χ1v) is 7.06. The maximum Gasteiger partial charge on any atom is 0.152 e. The number of anilines is 1. The molecule has 0 aliphatic rings. The van der Waals surface area contributed by atoms with Gasteiger partial charge in [0.25, 0.3) is 0 Å². The van der Waals surface area contributed by atoms with Gasteiger partial charge in [0.1, 0.15) is 11.5 Å². The average molecular weight is 299 g/mol. The Kier molecular flexibility index (Phi) is 4.09. The van der Waals surface area contributed by atoms with Gasteiger partial charge in [-0.3, -0.25) is 0 Å². The molecule has 0 amide bonds. The number of nitrogens with one attached hydrogen (secondary N) is 1. The summed E-state index contributed by atoms with van der Waals surface area (Å²) in [5.41, 5.74) is -0.243. The summed E-state index contributed by atoms with van der Waals surface area (Å²) in [5, 5.41) is 2.68. The van der Waals surface area contributed by atoms with Crippen molar-refractivity contribution in [2.24, 2.45) is 0 Å².